The third kappa shape index (κ3) is 6.35. The van der Waals surface area contributed by atoms with E-state index >= 15 is 0 Å². The molecule has 2 aliphatic heterocycles. The SMILES string of the molecule is C=C1/C=C(c2cc(C)c(C(CCC)CCC)c(CC)n2)\C=N/NC=C1c1cnn(C2CCN(CC)CC2)c1. The molecular formula is C32H46N6. The Hall–Kier alpha value is -2.99. The van der Waals surface area contributed by atoms with Crippen LogP contribution in [0.5, 0.6) is 0 Å². The van der Waals surface area contributed by atoms with Crippen LogP contribution in [0, 0.1) is 6.92 Å². The molecule has 0 saturated carbocycles. The lowest BCUT2D eigenvalue weighted by molar-refractivity contribution is 0.187. The average Bonchev–Trinajstić information content (AvgIpc) is 3.40. The zero-order valence-corrected chi connectivity index (χ0v) is 24.1. The number of aromatic nitrogens is 3. The number of hydrogen-bond acceptors (Lipinski definition) is 5. The summed E-state index contributed by atoms with van der Waals surface area (Å²) in [5, 5.41) is 9.22. The largest absolute Gasteiger partial charge is 0.303 e. The van der Waals surface area contributed by atoms with Crippen molar-refractivity contribution in [2.24, 2.45) is 5.10 Å². The molecule has 0 radical (unpaired) electrons. The molecule has 0 amide bonds. The summed E-state index contributed by atoms with van der Waals surface area (Å²) < 4.78 is 2.14. The number of likely N-dealkylation sites (tertiary alicyclic amines) is 1. The van der Waals surface area contributed by atoms with E-state index in [1.165, 1.54) is 42.5 Å². The van der Waals surface area contributed by atoms with Crippen molar-refractivity contribution in [3.63, 3.8) is 0 Å². The van der Waals surface area contributed by atoms with Crippen molar-refractivity contribution in [2.75, 3.05) is 19.6 Å². The minimum Gasteiger partial charge on any atom is -0.303 e. The maximum absolute atomic E-state index is 5.18. The first-order valence-corrected chi connectivity index (χ1v) is 14.7. The van der Waals surface area contributed by atoms with Crippen LogP contribution in [0.25, 0.3) is 11.1 Å². The first-order chi connectivity index (χ1) is 18.5. The van der Waals surface area contributed by atoms with Gasteiger partial charge in [-0.2, -0.15) is 10.2 Å². The zero-order chi connectivity index (χ0) is 27.1. The fourth-order valence-corrected chi connectivity index (χ4v) is 6.04. The van der Waals surface area contributed by atoms with Crippen molar-refractivity contribution >= 4 is 17.4 Å². The number of nitrogens with one attached hydrogen (secondary N) is 1. The summed E-state index contributed by atoms with van der Waals surface area (Å²) in [6.45, 7) is 19.1. The van der Waals surface area contributed by atoms with Gasteiger partial charge >= 0.3 is 0 Å². The van der Waals surface area contributed by atoms with Crippen molar-refractivity contribution in [3.05, 3.63) is 71.0 Å². The highest BCUT2D eigenvalue weighted by Crippen LogP contribution is 2.34. The van der Waals surface area contributed by atoms with Crippen molar-refractivity contribution in [2.45, 2.75) is 91.5 Å². The number of rotatable bonds is 10. The summed E-state index contributed by atoms with van der Waals surface area (Å²) in [6, 6.07) is 2.69. The third-order valence-corrected chi connectivity index (χ3v) is 8.11. The molecule has 6 nitrogen and oxygen atoms in total. The Bertz CT molecular complexity index is 1190. The first kappa shape index (κ1) is 28.0. The van der Waals surface area contributed by atoms with Gasteiger partial charge in [-0.15, -0.1) is 0 Å². The van der Waals surface area contributed by atoms with Gasteiger partial charge in [0.15, 0.2) is 0 Å². The maximum Gasteiger partial charge on any atom is 0.0724 e. The highest BCUT2D eigenvalue weighted by Gasteiger charge is 2.22. The summed E-state index contributed by atoms with van der Waals surface area (Å²) >= 11 is 0. The van der Waals surface area contributed by atoms with Gasteiger partial charge in [0, 0.05) is 47.9 Å². The molecule has 0 spiro atoms. The topological polar surface area (TPSA) is 58.3 Å². The second-order valence-electron chi connectivity index (χ2n) is 10.8. The summed E-state index contributed by atoms with van der Waals surface area (Å²) in [6.07, 6.45) is 18.0. The number of pyridine rings is 1. The van der Waals surface area contributed by atoms with E-state index in [2.05, 4.69) is 79.6 Å². The van der Waals surface area contributed by atoms with Gasteiger partial charge in [0.1, 0.15) is 0 Å². The van der Waals surface area contributed by atoms with E-state index in [0.29, 0.717) is 12.0 Å². The number of piperidine rings is 1. The fraction of sp³-hybridized carbons (Fsp3) is 0.531. The molecule has 2 aromatic rings. The molecule has 4 rings (SSSR count). The summed E-state index contributed by atoms with van der Waals surface area (Å²) in [7, 11) is 0. The molecule has 1 saturated heterocycles. The van der Waals surface area contributed by atoms with E-state index in [4.69, 9.17) is 10.1 Å². The van der Waals surface area contributed by atoms with Crippen molar-refractivity contribution in [1.29, 1.82) is 0 Å². The van der Waals surface area contributed by atoms with E-state index < -0.39 is 0 Å². The van der Waals surface area contributed by atoms with Crippen LogP contribution in [0.1, 0.15) is 106 Å². The van der Waals surface area contributed by atoms with Crippen LogP contribution < -0.4 is 5.43 Å². The lowest BCUT2D eigenvalue weighted by Crippen LogP contribution is -2.34. The van der Waals surface area contributed by atoms with Crippen LogP contribution in [0.3, 0.4) is 0 Å². The molecule has 1 fully saturated rings. The van der Waals surface area contributed by atoms with Crippen LogP contribution in [0.15, 0.2) is 48.0 Å². The van der Waals surface area contributed by atoms with E-state index in [1.54, 1.807) is 0 Å². The molecule has 1 N–H and O–H groups in total. The van der Waals surface area contributed by atoms with Crippen LogP contribution >= 0.6 is 0 Å². The van der Waals surface area contributed by atoms with Crippen molar-refractivity contribution in [3.8, 4) is 0 Å². The predicted octanol–water partition coefficient (Wildman–Crippen LogP) is 7.06. The van der Waals surface area contributed by atoms with Gasteiger partial charge in [-0.25, -0.2) is 0 Å². The Kier molecular flexibility index (Phi) is 9.73. The standard InChI is InChI=1S/C32H46N6/c1-7-11-25(12-8-2)32-24(6)18-31(36-30(32)9-3)26-17-23(5)29(21-34-33-19-26)27-20-35-38(22-27)28-13-15-37(10-4)16-14-28/h17-22,25,28,34H,5,7-16H2,1-4,6H3/b26-17+,29-21?,33-19-. The predicted molar refractivity (Wildman–Crippen MR) is 160 cm³/mol. The molecule has 6 heteroatoms. The maximum atomic E-state index is 5.18. The quantitative estimate of drug-likeness (QED) is 0.369. The van der Waals surface area contributed by atoms with Gasteiger partial charge in [0.2, 0.25) is 0 Å². The number of nitrogens with zero attached hydrogens (tertiary/aromatic N) is 5. The smallest absolute Gasteiger partial charge is 0.0724 e. The van der Waals surface area contributed by atoms with Crippen molar-refractivity contribution in [1.82, 2.24) is 25.1 Å². The zero-order valence-electron chi connectivity index (χ0n) is 24.1. The van der Waals surface area contributed by atoms with Gasteiger partial charge in [-0.1, -0.05) is 47.1 Å². The van der Waals surface area contributed by atoms with Gasteiger partial charge in [0.05, 0.1) is 24.1 Å². The Morgan fingerprint density at radius 3 is 2.50 bits per heavy atom. The Morgan fingerprint density at radius 1 is 1.11 bits per heavy atom. The van der Waals surface area contributed by atoms with Gasteiger partial charge < -0.3 is 4.90 Å². The Labute approximate surface area is 229 Å². The molecular weight excluding hydrogens is 468 g/mol. The third-order valence-electron chi connectivity index (χ3n) is 8.11. The van der Waals surface area contributed by atoms with E-state index in [-0.39, 0.29) is 0 Å². The molecule has 204 valence electrons. The molecule has 4 heterocycles. The van der Waals surface area contributed by atoms with Gasteiger partial charge in [0.25, 0.3) is 0 Å². The minimum absolute atomic E-state index is 0.452. The molecule has 0 bridgehead atoms. The second-order valence-corrected chi connectivity index (χ2v) is 10.8. The Balaban J connectivity index is 1.59. The molecule has 0 aromatic carbocycles. The first-order valence-electron chi connectivity index (χ1n) is 14.7. The normalized spacial score (nSPS) is 19.5. The van der Waals surface area contributed by atoms with Crippen LogP contribution in [-0.4, -0.2) is 45.5 Å². The second kappa shape index (κ2) is 13.2. The molecule has 38 heavy (non-hydrogen) atoms. The fourth-order valence-electron chi connectivity index (χ4n) is 6.04. The molecule has 0 unspecified atom stereocenters. The number of hydrogen-bond donors (Lipinski definition) is 1. The summed E-state index contributed by atoms with van der Waals surface area (Å²) in [5.74, 6) is 0.582. The highest BCUT2D eigenvalue weighted by atomic mass is 15.3. The molecule has 2 aromatic heterocycles. The number of hydrazone groups is 1. The summed E-state index contributed by atoms with van der Waals surface area (Å²) in [5.41, 5.74) is 12.0. The van der Waals surface area contributed by atoms with Crippen molar-refractivity contribution < 1.29 is 0 Å². The lowest BCUT2D eigenvalue weighted by atomic mass is 9.85. The van der Waals surface area contributed by atoms with E-state index in [9.17, 15) is 0 Å². The molecule has 0 aliphatic carbocycles. The summed E-state index contributed by atoms with van der Waals surface area (Å²) in [4.78, 5) is 7.68. The highest BCUT2D eigenvalue weighted by molar-refractivity contribution is 6.11. The molecule has 0 atom stereocenters. The Morgan fingerprint density at radius 2 is 1.84 bits per heavy atom. The van der Waals surface area contributed by atoms with Gasteiger partial charge in [-0.05, 0) is 80.3 Å². The van der Waals surface area contributed by atoms with E-state index in [1.807, 2.05) is 18.6 Å². The van der Waals surface area contributed by atoms with Crippen LogP contribution in [-0.2, 0) is 6.42 Å². The van der Waals surface area contributed by atoms with Crippen LogP contribution in [0.2, 0.25) is 0 Å². The van der Waals surface area contributed by atoms with Crippen LogP contribution in [0.4, 0.5) is 0 Å². The molecule has 2 aliphatic rings. The lowest BCUT2D eigenvalue weighted by Gasteiger charge is -2.31. The average molecular weight is 515 g/mol. The number of allylic oxidation sites excluding steroid dienone is 4. The number of aryl methyl sites for hydroxylation is 2. The monoisotopic (exact) mass is 514 g/mol. The van der Waals surface area contributed by atoms with Gasteiger partial charge in [-0.3, -0.25) is 15.1 Å². The minimum atomic E-state index is 0.452. The van der Waals surface area contributed by atoms with E-state index in [0.717, 1.165) is 66.9 Å².